The second kappa shape index (κ2) is 5.38. The molecule has 0 fully saturated rings. The van der Waals surface area contributed by atoms with E-state index in [9.17, 15) is 35.1 Å². The van der Waals surface area contributed by atoms with Crippen molar-refractivity contribution in [3.05, 3.63) is 22.9 Å². The van der Waals surface area contributed by atoms with Crippen molar-refractivity contribution in [3.8, 4) is 5.88 Å². The smallest absolute Gasteiger partial charge is 0.387 e. The highest BCUT2D eigenvalue weighted by atomic mass is 19.4. The molecule has 1 aromatic heterocycles. The number of nitrogens with two attached hydrogens (primary N) is 1. The number of ether oxygens (including phenoxy) is 1. The molecule has 1 aromatic rings. The molecule has 0 aliphatic heterocycles. The number of halogens is 8. The third-order valence-corrected chi connectivity index (χ3v) is 2.04. The fourth-order valence-corrected chi connectivity index (χ4v) is 1.29. The number of alkyl halides is 8. The predicted octanol–water partition coefficient (Wildman–Crippen LogP) is 3.40. The molecule has 20 heavy (non-hydrogen) atoms. The normalized spacial score (nSPS) is 12.9. The second-order valence-corrected chi connectivity index (χ2v) is 3.44. The van der Waals surface area contributed by atoms with E-state index in [4.69, 9.17) is 5.73 Å². The van der Waals surface area contributed by atoms with Gasteiger partial charge in [-0.2, -0.15) is 13.2 Å². The van der Waals surface area contributed by atoms with Gasteiger partial charge in [-0.15, -0.1) is 13.2 Å². The van der Waals surface area contributed by atoms with Gasteiger partial charge in [0.05, 0.1) is 0 Å². The predicted molar refractivity (Wildman–Crippen MR) is 48.8 cm³/mol. The molecule has 0 aromatic carbocycles. The molecule has 0 radical (unpaired) electrons. The first-order chi connectivity index (χ1) is 8.95. The average Bonchev–Trinajstić information content (AvgIpc) is 2.24. The minimum Gasteiger partial charge on any atom is -0.387 e. The molecule has 0 unspecified atom stereocenters. The van der Waals surface area contributed by atoms with E-state index in [1.54, 1.807) is 0 Å². The average molecular weight is 310 g/mol. The van der Waals surface area contributed by atoms with Crippen molar-refractivity contribution in [2.24, 2.45) is 5.73 Å². The summed E-state index contributed by atoms with van der Waals surface area (Å²) in [6.07, 6.45) is -14.2. The van der Waals surface area contributed by atoms with E-state index in [-0.39, 0.29) is 6.07 Å². The first-order valence-electron chi connectivity index (χ1n) is 4.80. The van der Waals surface area contributed by atoms with Gasteiger partial charge in [-0.1, -0.05) is 0 Å². The molecule has 0 aliphatic carbocycles. The number of rotatable bonds is 3. The van der Waals surface area contributed by atoms with E-state index >= 15 is 0 Å². The first kappa shape index (κ1) is 16.4. The Morgan fingerprint density at radius 3 is 2.05 bits per heavy atom. The van der Waals surface area contributed by atoms with Gasteiger partial charge in [0.25, 0.3) is 6.43 Å². The molecule has 0 saturated heterocycles. The highest BCUT2D eigenvalue weighted by Gasteiger charge is 2.41. The molecule has 0 atom stereocenters. The Morgan fingerprint density at radius 1 is 1.15 bits per heavy atom. The zero-order valence-corrected chi connectivity index (χ0v) is 9.32. The van der Waals surface area contributed by atoms with E-state index in [0.717, 1.165) is 0 Å². The van der Waals surface area contributed by atoms with Crippen molar-refractivity contribution in [2.45, 2.75) is 25.5 Å². The Balaban J connectivity index is 3.48. The van der Waals surface area contributed by atoms with E-state index in [1.165, 1.54) is 0 Å². The van der Waals surface area contributed by atoms with Gasteiger partial charge in [0.1, 0.15) is 11.3 Å². The van der Waals surface area contributed by atoms with Crippen LogP contribution in [0.25, 0.3) is 0 Å². The van der Waals surface area contributed by atoms with Crippen molar-refractivity contribution in [1.82, 2.24) is 4.98 Å². The summed E-state index contributed by atoms with van der Waals surface area (Å²) in [5.41, 5.74) is 1.03. The van der Waals surface area contributed by atoms with Crippen LogP contribution < -0.4 is 10.5 Å². The maximum atomic E-state index is 12.6. The fourth-order valence-electron chi connectivity index (χ4n) is 1.29. The lowest BCUT2D eigenvalue weighted by Gasteiger charge is -2.17. The molecule has 11 heteroatoms. The third-order valence-electron chi connectivity index (χ3n) is 2.04. The molecule has 2 N–H and O–H groups in total. The van der Waals surface area contributed by atoms with Crippen LogP contribution in [0, 0.1) is 0 Å². The summed E-state index contributed by atoms with van der Waals surface area (Å²) < 4.78 is 102. The van der Waals surface area contributed by atoms with Crippen molar-refractivity contribution >= 4 is 0 Å². The fraction of sp³-hybridized carbons (Fsp3) is 0.444. The second-order valence-electron chi connectivity index (χ2n) is 3.44. The van der Waals surface area contributed by atoms with Crippen LogP contribution in [0.15, 0.2) is 6.07 Å². The minimum absolute atomic E-state index is 0.0650. The van der Waals surface area contributed by atoms with Gasteiger partial charge in [0.2, 0.25) is 5.88 Å². The van der Waals surface area contributed by atoms with Gasteiger partial charge in [-0.25, -0.2) is 13.8 Å². The molecule has 0 bridgehead atoms. The number of nitrogens with zero attached hydrogens (tertiary/aromatic N) is 1. The summed E-state index contributed by atoms with van der Waals surface area (Å²) in [7, 11) is 0. The van der Waals surface area contributed by atoms with Gasteiger partial charge >= 0.3 is 12.5 Å². The molecule has 0 saturated carbocycles. The largest absolute Gasteiger partial charge is 0.574 e. The van der Waals surface area contributed by atoms with Crippen LogP contribution in [0.4, 0.5) is 35.1 Å². The summed E-state index contributed by atoms with van der Waals surface area (Å²) in [4.78, 5) is 2.60. The highest BCUT2D eigenvalue weighted by Crippen LogP contribution is 2.39. The summed E-state index contributed by atoms with van der Waals surface area (Å²) in [5.74, 6) is -1.99. The highest BCUT2D eigenvalue weighted by molar-refractivity contribution is 5.37. The Hall–Kier alpha value is -1.65. The summed E-state index contributed by atoms with van der Waals surface area (Å²) >= 11 is 0. The van der Waals surface area contributed by atoms with Crippen LogP contribution in [0.1, 0.15) is 23.2 Å². The monoisotopic (exact) mass is 310 g/mol. The Morgan fingerprint density at radius 2 is 1.70 bits per heavy atom. The maximum absolute atomic E-state index is 12.6. The van der Waals surface area contributed by atoms with Crippen molar-refractivity contribution < 1.29 is 39.9 Å². The summed E-state index contributed by atoms with van der Waals surface area (Å²) in [6.45, 7) is -0.748. The molecule has 3 nitrogen and oxygen atoms in total. The standard InChI is InChI=1S/C9H6F8N2O/c10-6(11)5-3(2-18)1-4(8(12,13)14)7(19-5)20-9(15,16)17/h1,6H,2,18H2. The lowest BCUT2D eigenvalue weighted by atomic mass is 10.1. The van der Waals surface area contributed by atoms with E-state index < -0.39 is 48.2 Å². The molecule has 1 heterocycles. The zero-order valence-electron chi connectivity index (χ0n) is 9.32. The van der Waals surface area contributed by atoms with Gasteiger partial charge < -0.3 is 10.5 Å². The molecule has 0 spiro atoms. The van der Waals surface area contributed by atoms with Crippen LogP contribution in [0.2, 0.25) is 0 Å². The maximum Gasteiger partial charge on any atom is 0.574 e. The van der Waals surface area contributed by atoms with E-state index in [2.05, 4.69) is 9.72 Å². The molecule has 1 rings (SSSR count). The third kappa shape index (κ3) is 3.92. The van der Waals surface area contributed by atoms with Crippen LogP contribution in [-0.4, -0.2) is 11.3 Å². The van der Waals surface area contributed by atoms with E-state index in [0.29, 0.717) is 0 Å². The summed E-state index contributed by atoms with van der Waals surface area (Å²) in [6, 6.07) is 0.0650. The van der Waals surface area contributed by atoms with Crippen LogP contribution >= 0.6 is 0 Å². The Bertz CT molecular complexity index is 482. The Kier molecular flexibility index (Phi) is 4.42. The van der Waals surface area contributed by atoms with Gasteiger partial charge in [0.15, 0.2) is 0 Å². The SMILES string of the molecule is NCc1cc(C(F)(F)F)c(OC(F)(F)F)nc1C(F)F. The lowest BCUT2D eigenvalue weighted by molar-refractivity contribution is -0.278. The number of hydrogen-bond donors (Lipinski definition) is 1. The van der Waals surface area contributed by atoms with Crippen molar-refractivity contribution in [3.63, 3.8) is 0 Å². The molecular weight excluding hydrogens is 304 g/mol. The number of aromatic nitrogens is 1. The molecule has 0 amide bonds. The van der Waals surface area contributed by atoms with Gasteiger partial charge in [-0.05, 0) is 11.6 Å². The van der Waals surface area contributed by atoms with Gasteiger partial charge in [-0.3, -0.25) is 0 Å². The molecule has 0 aliphatic rings. The topological polar surface area (TPSA) is 48.1 Å². The quantitative estimate of drug-likeness (QED) is 0.871. The van der Waals surface area contributed by atoms with E-state index in [1.807, 2.05) is 0 Å². The van der Waals surface area contributed by atoms with Crippen molar-refractivity contribution in [1.29, 1.82) is 0 Å². The van der Waals surface area contributed by atoms with Crippen molar-refractivity contribution in [2.75, 3.05) is 0 Å². The first-order valence-corrected chi connectivity index (χ1v) is 4.80. The molecule has 114 valence electrons. The van der Waals surface area contributed by atoms with Crippen LogP contribution in [-0.2, 0) is 12.7 Å². The lowest BCUT2D eigenvalue weighted by Crippen LogP contribution is -2.22. The van der Waals surface area contributed by atoms with Crippen LogP contribution in [0.5, 0.6) is 5.88 Å². The zero-order chi connectivity index (χ0) is 15.7. The van der Waals surface area contributed by atoms with Crippen LogP contribution in [0.3, 0.4) is 0 Å². The Labute approximate surface area is 106 Å². The number of hydrogen-bond acceptors (Lipinski definition) is 3. The molecular formula is C9H6F8N2O. The summed E-state index contributed by atoms with van der Waals surface area (Å²) in [5, 5.41) is 0. The number of pyridine rings is 1. The van der Waals surface area contributed by atoms with Gasteiger partial charge in [0, 0.05) is 6.54 Å². The minimum atomic E-state index is -5.50.